The summed E-state index contributed by atoms with van der Waals surface area (Å²) >= 11 is 3.12. The van der Waals surface area contributed by atoms with E-state index in [0.717, 1.165) is 25.3 Å². The molecule has 1 heterocycles. The van der Waals surface area contributed by atoms with Crippen molar-refractivity contribution in [1.29, 1.82) is 0 Å². The first-order valence-electron chi connectivity index (χ1n) is 6.11. The van der Waals surface area contributed by atoms with Crippen LogP contribution in [0, 0.1) is 5.82 Å². The van der Waals surface area contributed by atoms with Crippen molar-refractivity contribution in [2.24, 2.45) is 0 Å². The first-order chi connectivity index (χ1) is 9.08. The molecular weight excluding hydrogens is 317 g/mol. The number of nitrogen functional groups attached to an aromatic ring is 1. The highest BCUT2D eigenvalue weighted by molar-refractivity contribution is 9.10. The molecule has 1 atom stereocenters. The molecule has 2 N–H and O–H groups in total. The van der Waals surface area contributed by atoms with Crippen molar-refractivity contribution in [3.8, 4) is 0 Å². The van der Waals surface area contributed by atoms with Gasteiger partial charge < -0.3 is 15.2 Å². The Balaban J connectivity index is 1.97. The summed E-state index contributed by atoms with van der Waals surface area (Å²) in [7, 11) is 0. The van der Waals surface area contributed by atoms with Gasteiger partial charge in [0.25, 0.3) is 0 Å². The van der Waals surface area contributed by atoms with Crippen LogP contribution in [-0.4, -0.2) is 25.3 Å². The Bertz CT molecular complexity index is 475. The number of halogens is 2. The van der Waals surface area contributed by atoms with Gasteiger partial charge in [0.2, 0.25) is 0 Å². The Kier molecular flexibility index (Phi) is 4.76. The molecule has 1 aliphatic heterocycles. The van der Waals surface area contributed by atoms with Crippen LogP contribution in [0.4, 0.5) is 10.1 Å². The molecule has 1 aromatic carbocycles. The Morgan fingerprint density at radius 3 is 3.00 bits per heavy atom. The Hall–Kier alpha value is -1.14. The van der Waals surface area contributed by atoms with Gasteiger partial charge in [-0.05, 0) is 47.3 Å². The van der Waals surface area contributed by atoms with Crippen LogP contribution in [0.25, 0.3) is 0 Å². The molecule has 0 aliphatic carbocycles. The molecule has 0 bridgehead atoms. The molecule has 0 aromatic heterocycles. The van der Waals surface area contributed by atoms with Gasteiger partial charge in [0.05, 0.1) is 17.4 Å². The molecule has 0 saturated carbocycles. The van der Waals surface area contributed by atoms with Crippen molar-refractivity contribution in [2.45, 2.75) is 25.4 Å². The molecular formula is C13H15BrFNO3. The molecule has 1 aliphatic rings. The lowest BCUT2D eigenvalue weighted by Gasteiger charge is -2.22. The normalized spacial score (nSPS) is 19.2. The molecule has 1 aromatic rings. The molecule has 2 rings (SSSR count). The molecule has 0 radical (unpaired) electrons. The second-order valence-electron chi connectivity index (χ2n) is 4.44. The number of hydrogen-bond acceptors (Lipinski definition) is 4. The monoisotopic (exact) mass is 331 g/mol. The molecule has 0 spiro atoms. The van der Waals surface area contributed by atoms with E-state index in [1.54, 1.807) is 0 Å². The van der Waals surface area contributed by atoms with Crippen LogP contribution in [0.3, 0.4) is 0 Å². The van der Waals surface area contributed by atoms with Crippen LogP contribution in [0.15, 0.2) is 16.6 Å². The minimum Gasteiger partial charge on any atom is -0.459 e. The van der Waals surface area contributed by atoms with Gasteiger partial charge in [0.15, 0.2) is 0 Å². The molecule has 0 amide bonds. The highest BCUT2D eigenvalue weighted by Gasteiger charge is 2.19. The fraction of sp³-hybridized carbons (Fsp3) is 0.462. The summed E-state index contributed by atoms with van der Waals surface area (Å²) in [5, 5.41) is 0. The molecule has 104 valence electrons. The highest BCUT2D eigenvalue weighted by Crippen LogP contribution is 2.24. The minimum absolute atomic E-state index is 0.0470. The largest absolute Gasteiger partial charge is 0.459 e. The van der Waals surface area contributed by atoms with Crippen LogP contribution < -0.4 is 5.73 Å². The van der Waals surface area contributed by atoms with Gasteiger partial charge in [-0.1, -0.05) is 0 Å². The third-order valence-electron chi connectivity index (χ3n) is 2.98. The second kappa shape index (κ2) is 6.34. The van der Waals surface area contributed by atoms with E-state index in [1.807, 2.05) is 0 Å². The molecule has 4 nitrogen and oxygen atoms in total. The number of anilines is 1. The Labute approximate surface area is 119 Å². The lowest BCUT2D eigenvalue weighted by atomic mass is 10.1. The van der Waals surface area contributed by atoms with Gasteiger partial charge in [-0.3, -0.25) is 0 Å². The number of carbonyl (C=O) groups is 1. The first kappa shape index (κ1) is 14.3. The summed E-state index contributed by atoms with van der Waals surface area (Å²) in [5.41, 5.74) is 5.58. The molecule has 19 heavy (non-hydrogen) atoms. The van der Waals surface area contributed by atoms with Crippen LogP contribution in [-0.2, 0) is 9.47 Å². The third-order valence-corrected chi connectivity index (χ3v) is 3.64. The quantitative estimate of drug-likeness (QED) is 0.683. The average molecular weight is 332 g/mol. The predicted molar refractivity (Wildman–Crippen MR) is 72.4 cm³/mol. The van der Waals surface area contributed by atoms with Crippen LogP contribution in [0.2, 0.25) is 0 Å². The maximum atomic E-state index is 13.2. The SMILES string of the molecule is Nc1cc(C(=O)OCC2CCCCO2)c(Br)cc1F. The average Bonchev–Trinajstić information content (AvgIpc) is 2.41. The fourth-order valence-electron chi connectivity index (χ4n) is 1.91. The van der Waals surface area contributed by atoms with Gasteiger partial charge >= 0.3 is 5.97 Å². The van der Waals surface area contributed by atoms with E-state index in [-0.39, 0.29) is 24.0 Å². The van der Waals surface area contributed by atoms with E-state index in [9.17, 15) is 9.18 Å². The lowest BCUT2D eigenvalue weighted by Crippen LogP contribution is -2.26. The van der Waals surface area contributed by atoms with Crippen molar-refractivity contribution in [3.63, 3.8) is 0 Å². The number of hydrogen-bond donors (Lipinski definition) is 1. The first-order valence-corrected chi connectivity index (χ1v) is 6.90. The predicted octanol–water partition coefficient (Wildman–Crippen LogP) is 2.90. The highest BCUT2D eigenvalue weighted by atomic mass is 79.9. The fourth-order valence-corrected chi connectivity index (χ4v) is 2.38. The van der Waals surface area contributed by atoms with E-state index < -0.39 is 11.8 Å². The van der Waals surface area contributed by atoms with Crippen LogP contribution in [0.5, 0.6) is 0 Å². The third kappa shape index (κ3) is 3.67. The maximum Gasteiger partial charge on any atom is 0.339 e. The summed E-state index contributed by atoms with van der Waals surface area (Å²) in [5.74, 6) is -1.10. The van der Waals surface area contributed by atoms with Gasteiger partial charge in [-0.2, -0.15) is 0 Å². The maximum absolute atomic E-state index is 13.2. The van der Waals surface area contributed by atoms with Crippen molar-refractivity contribution < 1.29 is 18.7 Å². The zero-order chi connectivity index (χ0) is 13.8. The topological polar surface area (TPSA) is 61.6 Å². The van der Waals surface area contributed by atoms with Crippen molar-refractivity contribution in [2.75, 3.05) is 18.9 Å². The summed E-state index contributed by atoms with van der Waals surface area (Å²) in [6.07, 6.45) is 2.97. The number of benzene rings is 1. The summed E-state index contributed by atoms with van der Waals surface area (Å²) in [6, 6.07) is 2.42. The van der Waals surface area contributed by atoms with Gasteiger partial charge in [0, 0.05) is 11.1 Å². The van der Waals surface area contributed by atoms with E-state index >= 15 is 0 Å². The number of nitrogens with two attached hydrogens (primary N) is 1. The summed E-state index contributed by atoms with van der Waals surface area (Å²) in [4.78, 5) is 11.9. The number of rotatable bonds is 3. The van der Waals surface area contributed by atoms with Gasteiger partial charge in [-0.25, -0.2) is 9.18 Å². The number of esters is 1. The molecule has 1 unspecified atom stereocenters. The standard InChI is InChI=1S/C13H15BrFNO3/c14-10-6-11(15)12(16)5-9(10)13(17)19-7-8-3-1-2-4-18-8/h5-6,8H,1-4,7,16H2. The minimum atomic E-state index is -0.570. The van der Waals surface area contributed by atoms with Crippen molar-refractivity contribution in [3.05, 3.63) is 28.0 Å². The van der Waals surface area contributed by atoms with Gasteiger partial charge in [-0.15, -0.1) is 0 Å². The summed E-state index contributed by atoms with van der Waals surface area (Å²) < 4.78 is 24.1. The van der Waals surface area contributed by atoms with E-state index in [4.69, 9.17) is 15.2 Å². The zero-order valence-electron chi connectivity index (χ0n) is 10.3. The van der Waals surface area contributed by atoms with E-state index in [2.05, 4.69) is 15.9 Å². The van der Waals surface area contributed by atoms with E-state index in [0.29, 0.717) is 11.1 Å². The molecule has 6 heteroatoms. The lowest BCUT2D eigenvalue weighted by molar-refractivity contribution is -0.0300. The van der Waals surface area contributed by atoms with Crippen LogP contribution >= 0.6 is 15.9 Å². The Morgan fingerprint density at radius 1 is 1.53 bits per heavy atom. The van der Waals surface area contributed by atoms with Crippen LogP contribution in [0.1, 0.15) is 29.6 Å². The van der Waals surface area contributed by atoms with Crippen molar-refractivity contribution >= 4 is 27.6 Å². The molecule has 1 fully saturated rings. The van der Waals surface area contributed by atoms with Gasteiger partial charge in [0.1, 0.15) is 12.4 Å². The second-order valence-corrected chi connectivity index (χ2v) is 5.29. The Morgan fingerprint density at radius 2 is 2.32 bits per heavy atom. The molecule has 1 saturated heterocycles. The number of carbonyl (C=O) groups excluding carboxylic acids is 1. The smallest absolute Gasteiger partial charge is 0.339 e. The summed E-state index contributed by atoms with van der Waals surface area (Å²) in [6.45, 7) is 0.915. The van der Waals surface area contributed by atoms with E-state index in [1.165, 1.54) is 6.07 Å². The zero-order valence-corrected chi connectivity index (χ0v) is 11.9. The number of ether oxygens (including phenoxy) is 2. The van der Waals surface area contributed by atoms with Crippen molar-refractivity contribution in [1.82, 2.24) is 0 Å².